The van der Waals surface area contributed by atoms with Crippen LogP contribution in [0, 0.1) is 0 Å². The predicted molar refractivity (Wildman–Crippen MR) is 47.6 cm³/mol. The maximum atomic E-state index is 5.65. The summed E-state index contributed by atoms with van der Waals surface area (Å²) in [7, 11) is 0. The van der Waals surface area contributed by atoms with Gasteiger partial charge in [-0.25, -0.2) is 4.68 Å². The second-order valence-electron chi connectivity index (χ2n) is 3.17. The molecule has 0 fully saturated rings. The Kier molecular flexibility index (Phi) is 2.81. The molecule has 0 aromatic carbocycles. The van der Waals surface area contributed by atoms with Crippen LogP contribution in [0.3, 0.4) is 0 Å². The highest BCUT2D eigenvalue weighted by atomic mass is 15.4. The smallest absolute Gasteiger partial charge is 0.0991 e. The van der Waals surface area contributed by atoms with Gasteiger partial charge in [0, 0.05) is 6.04 Å². The number of nitrogens with zero attached hydrogens (tertiary/aromatic N) is 3. The molecule has 2 atom stereocenters. The van der Waals surface area contributed by atoms with Gasteiger partial charge in [0.1, 0.15) is 0 Å². The zero-order chi connectivity index (χ0) is 9.14. The van der Waals surface area contributed by atoms with Crippen molar-refractivity contribution in [3.05, 3.63) is 11.9 Å². The SMILES string of the molecule is CCC(C)n1cc(C(C)N)nn1. The lowest BCUT2D eigenvalue weighted by atomic mass is 10.2. The maximum Gasteiger partial charge on any atom is 0.0991 e. The molecule has 12 heavy (non-hydrogen) atoms. The van der Waals surface area contributed by atoms with Crippen molar-refractivity contribution in [3.63, 3.8) is 0 Å². The van der Waals surface area contributed by atoms with Crippen molar-refractivity contribution < 1.29 is 0 Å². The molecule has 1 rings (SSSR count). The molecule has 0 saturated carbocycles. The van der Waals surface area contributed by atoms with Gasteiger partial charge in [-0.15, -0.1) is 5.10 Å². The van der Waals surface area contributed by atoms with Gasteiger partial charge in [-0.3, -0.25) is 0 Å². The Labute approximate surface area is 72.8 Å². The fraction of sp³-hybridized carbons (Fsp3) is 0.750. The second-order valence-corrected chi connectivity index (χ2v) is 3.17. The van der Waals surface area contributed by atoms with Gasteiger partial charge in [0.2, 0.25) is 0 Å². The molecule has 0 amide bonds. The molecular weight excluding hydrogens is 152 g/mol. The first kappa shape index (κ1) is 9.19. The van der Waals surface area contributed by atoms with E-state index in [1.54, 1.807) is 0 Å². The van der Waals surface area contributed by atoms with Crippen molar-refractivity contribution in [2.45, 2.75) is 39.3 Å². The number of aromatic nitrogens is 3. The highest BCUT2D eigenvalue weighted by Crippen LogP contribution is 2.10. The van der Waals surface area contributed by atoms with Gasteiger partial charge in [0.25, 0.3) is 0 Å². The highest BCUT2D eigenvalue weighted by molar-refractivity contribution is 4.98. The van der Waals surface area contributed by atoms with E-state index < -0.39 is 0 Å². The predicted octanol–water partition coefficient (Wildman–Crippen LogP) is 1.27. The number of nitrogens with two attached hydrogens (primary N) is 1. The second kappa shape index (κ2) is 3.67. The summed E-state index contributed by atoms with van der Waals surface area (Å²) in [6.45, 7) is 6.14. The van der Waals surface area contributed by atoms with Crippen LogP contribution in [0.15, 0.2) is 6.20 Å². The first-order chi connectivity index (χ1) is 5.65. The minimum absolute atomic E-state index is 0.0252. The maximum absolute atomic E-state index is 5.65. The van der Waals surface area contributed by atoms with Crippen molar-refractivity contribution in [2.75, 3.05) is 0 Å². The van der Waals surface area contributed by atoms with E-state index in [-0.39, 0.29) is 6.04 Å². The molecule has 4 nitrogen and oxygen atoms in total. The number of rotatable bonds is 3. The Balaban J connectivity index is 2.77. The fourth-order valence-corrected chi connectivity index (χ4v) is 0.902. The number of hydrogen-bond acceptors (Lipinski definition) is 3. The summed E-state index contributed by atoms with van der Waals surface area (Å²) in [6.07, 6.45) is 2.97. The molecule has 2 unspecified atom stereocenters. The lowest BCUT2D eigenvalue weighted by Crippen LogP contribution is -2.05. The molecule has 0 aliphatic carbocycles. The third-order valence-electron chi connectivity index (χ3n) is 2.04. The highest BCUT2D eigenvalue weighted by Gasteiger charge is 2.07. The van der Waals surface area contributed by atoms with Gasteiger partial charge >= 0.3 is 0 Å². The van der Waals surface area contributed by atoms with Crippen molar-refractivity contribution in [1.29, 1.82) is 0 Å². The summed E-state index contributed by atoms with van der Waals surface area (Å²) in [5, 5.41) is 7.97. The van der Waals surface area contributed by atoms with E-state index in [0.29, 0.717) is 6.04 Å². The van der Waals surface area contributed by atoms with Gasteiger partial charge < -0.3 is 5.73 Å². The van der Waals surface area contributed by atoms with E-state index in [0.717, 1.165) is 12.1 Å². The Morgan fingerprint density at radius 3 is 2.67 bits per heavy atom. The van der Waals surface area contributed by atoms with Gasteiger partial charge in [-0.1, -0.05) is 12.1 Å². The van der Waals surface area contributed by atoms with Crippen LogP contribution in [0.2, 0.25) is 0 Å². The molecule has 68 valence electrons. The van der Waals surface area contributed by atoms with Crippen LogP contribution in [0.4, 0.5) is 0 Å². The normalized spacial score (nSPS) is 16.0. The minimum Gasteiger partial charge on any atom is -0.323 e. The molecule has 4 heteroatoms. The van der Waals surface area contributed by atoms with Crippen molar-refractivity contribution >= 4 is 0 Å². The van der Waals surface area contributed by atoms with E-state index in [2.05, 4.69) is 24.2 Å². The summed E-state index contributed by atoms with van der Waals surface area (Å²) in [4.78, 5) is 0. The van der Waals surface area contributed by atoms with Gasteiger partial charge in [0.15, 0.2) is 0 Å². The molecule has 1 heterocycles. The minimum atomic E-state index is -0.0252. The summed E-state index contributed by atoms with van der Waals surface area (Å²) in [5.74, 6) is 0. The molecule has 0 spiro atoms. The van der Waals surface area contributed by atoms with Crippen LogP contribution >= 0.6 is 0 Å². The van der Waals surface area contributed by atoms with Gasteiger partial charge in [0.05, 0.1) is 17.9 Å². The molecule has 2 N–H and O–H groups in total. The van der Waals surface area contributed by atoms with E-state index >= 15 is 0 Å². The summed E-state index contributed by atoms with van der Waals surface area (Å²) in [5.41, 5.74) is 6.51. The lowest BCUT2D eigenvalue weighted by Gasteiger charge is -2.06. The Hall–Kier alpha value is -0.900. The first-order valence-electron chi connectivity index (χ1n) is 4.32. The van der Waals surface area contributed by atoms with Crippen molar-refractivity contribution in [2.24, 2.45) is 5.73 Å². The number of hydrogen-bond donors (Lipinski definition) is 1. The van der Waals surface area contributed by atoms with E-state index in [4.69, 9.17) is 5.73 Å². The topological polar surface area (TPSA) is 56.7 Å². The molecule has 1 aromatic rings. The molecule has 0 radical (unpaired) electrons. The average molecular weight is 168 g/mol. The standard InChI is InChI=1S/C8H16N4/c1-4-6(2)12-5-8(7(3)9)10-11-12/h5-7H,4,9H2,1-3H3. The molecule has 0 saturated heterocycles. The monoisotopic (exact) mass is 168 g/mol. The quantitative estimate of drug-likeness (QED) is 0.739. The van der Waals surface area contributed by atoms with E-state index in [9.17, 15) is 0 Å². The zero-order valence-electron chi connectivity index (χ0n) is 7.86. The fourth-order valence-electron chi connectivity index (χ4n) is 0.902. The summed E-state index contributed by atoms with van der Waals surface area (Å²) < 4.78 is 1.86. The van der Waals surface area contributed by atoms with Gasteiger partial charge in [-0.05, 0) is 20.3 Å². The largest absolute Gasteiger partial charge is 0.323 e. The summed E-state index contributed by atoms with van der Waals surface area (Å²) in [6, 6.07) is 0.382. The third-order valence-corrected chi connectivity index (χ3v) is 2.04. The van der Waals surface area contributed by atoms with Gasteiger partial charge in [-0.2, -0.15) is 0 Å². The van der Waals surface area contributed by atoms with E-state index in [1.165, 1.54) is 0 Å². The van der Waals surface area contributed by atoms with Crippen LogP contribution in [0.5, 0.6) is 0 Å². The van der Waals surface area contributed by atoms with Crippen molar-refractivity contribution in [3.8, 4) is 0 Å². The molecule has 0 aliphatic heterocycles. The Morgan fingerprint density at radius 2 is 2.25 bits per heavy atom. The van der Waals surface area contributed by atoms with E-state index in [1.807, 2.05) is 17.8 Å². The first-order valence-corrected chi connectivity index (χ1v) is 4.32. The average Bonchev–Trinajstić information content (AvgIpc) is 2.51. The lowest BCUT2D eigenvalue weighted by molar-refractivity contribution is 0.464. The van der Waals surface area contributed by atoms with Crippen LogP contribution in [-0.4, -0.2) is 15.0 Å². The molecule has 0 bridgehead atoms. The van der Waals surface area contributed by atoms with Crippen molar-refractivity contribution in [1.82, 2.24) is 15.0 Å². The van der Waals surface area contributed by atoms with Crippen LogP contribution in [-0.2, 0) is 0 Å². The Bertz CT molecular complexity index is 241. The summed E-state index contributed by atoms with van der Waals surface area (Å²) >= 11 is 0. The van der Waals surface area contributed by atoms with Crippen LogP contribution < -0.4 is 5.73 Å². The molecule has 0 aliphatic rings. The molecule has 1 aromatic heterocycles. The zero-order valence-corrected chi connectivity index (χ0v) is 7.86. The third kappa shape index (κ3) is 1.82. The van der Waals surface area contributed by atoms with Crippen LogP contribution in [0.25, 0.3) is 0 Å². The molecular formula is C8H16N4. The Morgan fingerprint density at radius 1 is 1.58 bits per heavy atom. The van der Waals surface area contributed by atoms with Crippen LogP contribution in [0.1, 0.15) is 45.0 Å².